The molecule has 0 saturated carbocycles. The van der Waals surface area contributed by atoms with E-state index < -0.39 is 44.1 Å². The van der Waals surface area contributed by atoms with Gasteiger partial charge >= 0.3 is 6.18 Å². The third-order valence-corrected chi connectivity index (χ3v) is 6.38. The van der Waals surface area contributed by atoms with Crippen molar-refractivity contribution in [1.82, 2.24) is 4.31 Å². The Morgan fingerprint density at radius 1 is 1.19 bits per heavy atom. The summed E-state index contributed by atoms with van der Waals surface area (Å²) in [4.78, 5) is -0.576. The number of benzene rings is 2. The lowest BCUT2D eigenvalue weighted by atomic mass is 10.1. The van der Waals surface area contributed by atoms with Crippen molar-refractivity contribution < 1.29 is 30.7 Å². The highest BCUT2D eigenvalue weighted by molar-refractivity contribution is 7.89. The lowest BCUT2D eigenvalue weighted by Crippen LogP contribution is -2.31. The first-order valence-electron chi connectivity index (χ1n) is 8.54. The minimum Gasteiger partial charge on any atom is -0.484 e. The van der Waals surface area contributed by atoms with E-state index in [1.165, 1.54) is 6.07 Å². The molecule has 1 heterocycles. The monoisotopic (exact) mass is 450 g/mol. The molecule has 31 heavy (non-hydrogen) atoms. The average molecular weight is 450 g/mol. The summed E-state index contributed by atoms with van der Waals surface area (Å²) in [5.74, 6) is -0.915. The highest BCUT2D eigenvalue weighted by Gasteiger charge is 2.38. The minimum absolute atomic E-state index is 0.0749. The van der Waals surface area contributed by atoms with Crippen LogP contribution in [0.25, 0.3) is 0 Å². The molecule has 0 aliphatic carbocycles. The summed E-state index contributed by atoms with van der Waals surface area (Å²) < 4.78 is 84.7. The topological polar surface area (TPSA) is 94.2 Å². The third-order valence-electron chi connectivity index (χ3n) is 4.51. The molecule has 1 radical (unpaired) electrons. The molecule has 1 atom stereocenters. The smallest absolute Gasteiger partial charge is 0.416 e. The molecular weight excluding hydrogens is 438 g/mol. The number of nitriles is 2. The molecule has 159 valence electrons. The molecule has 0 unspecified atom stereocenters. The van der Waals surface area contributed by atoms with Crippen LogP contribution < -0.4 is 4.74 Å². The lowest BCUT2D eigenvalue weighted by Gasteiger charge is -2.18. The minimum atomic E-state index is -4.73. The van der Waals surface area contributed by atoms with Gasteiger partial charge in [0.05, 0.1) is 28.1 Å². The molecule has 1 fully saturated rings. The first-order chi connectivity index (χ1) is 14.5. The van der Waals surface area contributed by atoms with Gasteiger partial charge in [0.25, 0.3) is 0 Å². The van der Waals surface area contributed by atoms with Crippen LogP contribution in [0.1, 0.15) is 16.7 Å². The second kappa shape index (κ2) is 8.02. The fraction of sp³-hybridized carbons (Fsp3) is 0.200. The Hall–Kier alpha value is -3.41. The summed E-state index contributed by atoms with van der Waals surface area (Å²) >= 11 is 0. The van der Waals surface area contributed by atoms with Crippen LogP contribution >= 0.6 is 0 Å². The zero-order chi connectivity index (χ0) is 23.0. The Morgan fingerprint density at radius 2 is 1.87 bits per heavy atom. The molecule has 0 bridgehead atoms. The van der Waals surface area contributed by atoms with Crippen molar-refractivity contribution in [3.63, 3.8) is 0 Å². The van der Waals surface area contributed by atoms with Crippen LogP contribution in [0.15, 0.2) is 47.4 Å². The second-order valence-corrected chi connectivity index (χ2v) is 8.46. The Balaban J connectivity index is 1.86. The second-order valence-electron chi connectivity index (χ2n) is 6.55. The molecule has 6 nitrogen and oxygen atoms in total. The van der Waals surface area contributed by atoms with Gasteiger partial charge in [-0.15, -0.1) is 0 Å². The first-order valence-corrected chi connectivity index (χ1v) is 9.98. The van der Waals surface area contributed by atoms with Crippen LogP contribution in [0.4, 0.5) is 17.6 Å². The van der Waals surface area contributed by atoms with Crippen molar-refractivity contribution in [2.45, 2.75) is 17.2 Å². The fourth-order valence-electron chi connectivity index (χ4n) is 2.92. The number of nitrogens with zero attached hydrogens (tertiary/aromatic N) is 3. The van der Waals surface area contributed by atoms with Crippen LogP contribution in [0.3, 0.4) is 0 Å². The van der Waals surface area contributed by atoms with Crippen molar-refractivity contribution >= 4 is 10.0 Å². The molecule has 0 N–H and O–H groups in total. The van der Waals surface area contributed by atoms with Crippen LogP contribution in [-0.4, -0.2) is 31.9 Å². The molecule has 0 spiro atoms. The van der Waals surface area contributed by atoms with E-state index in [9.17, 15) is 31.2 Å². The molecule has 3 rings (SSSR count). The van der Waals surface area contributed by atoms with E-state index in [4.69, 9.17) is 10.00 Å². The van der Waals surface area contributed by atoms with E-state index in [1.54, 1.807) is 6.07 Å². The molecule has 0 amide bonds. The van der Waals surface area contributed by atoms with E-state index >= 15 is 0 Å². The van der Waals surface area contributed by atoms with Crippen LogP contribution in [0.2, 0.25) is 0 Å². The summed E-state index contributed by atoms with van der Waals surface area (Å²) in [7, 11) is -4.35. The van der Waals surface area contributed by atoms with E-state index in [0.717, 1.165) is 22.5 Å². The standard InChI is InChI=1S/C20H12F4N3O3S/c1-12-10-27(11-18(12)30-16-4-2-13(8-25)17(21)7-16)31(28,29)19-5-3-15(20(22,23)24)6-14(19)9-26/h2-3,5-7,18H,1,10-11H2/t18-/m0/s1. The van der Waals surface area contributed by atoms with Gasteiger partial charge in [0.15, 0.2) is 0 Å². The van der Waals surface area contributed by atoms with E-state index in [1.807, 2.05) is 0 Å². The summed E-state index contributed by atoms with van der Waals surface area (Å²) in [6.45, 7) is 3.26. The predicted octanol–water partition coefficient (Wildman–Crippen LogP) is 3.40. The molecule has 1 aliphatic heterocycles. The summed E-state index contributed by atoms with van der Waals surface area (Å²) in [5, 5.41) is 17.9. The molecule has 2 aromatic rings. The van der Waals surface area contributed by atoms with Crippen molar-refractivity contribution in [2.75, 3.05) is 13.1 Å². The molecule has 2 aromatic carbocycles. The normalized spacial score (nSPS) is 17.2. The van der Waals surface area contributed by atoms with Crippen molar-refractivity contribution in [1.29, 1.82) is 10.5 Å². The SMILES string of the molecule is C=C1CN(S(=O)(=O)c2ccc(C(F)(F)F)cc2C#N)C[C@@H]1Oc1[c]cc(C#N)c(F)c1. The molecular formula is C20H12F4N3O3S. The number of alkyl halides is 3. The maximum atomic E-state index is 13.7. The van der Waals surface area contributed by atoms with Gasteiger partial charge in [-0.1, -0.05) is 6.58 Å². The number of rotatable bonds is 4. The zero-order valence-corrected chi connectivity index (χ0v) is 16.4. The molecule has 1 aliphatic rings. The quantitative estimate of drug-likeness (QED) is 0.526. The number of halogens is 4. The average Bonchev–Trinajstić information content (AvgIpc) is 3.08. The maximum absolute atomic E-state index is 13.7. The van der Waals surface area contributed by atoms with Crippen molar-refractivity contribution in [2.24, 2.45) is 0 Å². The predicted molar refractivity (Wildman–Crippen MR) is 98.4 cm³/mol. The van der Waals surface area contributed by atoms with Gasteiger partial charge < -0.3 is 4.74 Å². The maximum Gasteiger partial charge on any atom is 0.416 e. The Bertz CT molecular complexity index is 1240. The zero-order valence-electron chi connectivity index (χ0n) is 15.6. The summed E-state index contributed by atoms with van der Waals surface area (Å²) in [5.41, 5.74) is -1.72. The van der Waals surface area contributed by atoms with Gasteiger partial charge in [-0.2, -0.15) is 28.0 Å². The van der Waals surface area contributed by atoms with Crippen molar-refractivity contribution in [3.8, 4) is 17.9 Å². The van der Waals surface area contributed by atoms with Gasteiger partial charge in [0.1, 0.15) is 29.8 Å². The molecule has 11 heteroatoms. The third kappa shape index (κ3) is 4.38. The Morgan fingerprint density at radius 3 is 2.45 bits per heavy atom. The fourth-order valence-corrected chi connectivity index (χ4v) is 4.49. The van der Waals surface area contributed by atoms with Gasteiger partial charge in [-0.3, -0.25) is 0 Å². The van der Waals surface area contributed by atoms with E-state index in [2.05, 4.69) is 12.6 Å². The highest BCUT2D eigenvalue weighted by Crippen LogP contribution is 2.33. The lowest BCUT2D eigenvalue weighted by molar-refractivity contribution is -0.137. The van der Waals surface area contributed by atoms with Gasteiger partial charge in [-0.05, 0) is 29.8 Å². The van der Waals surface area contributed by atoms with Crippen LogP contribution in [0.5, 0.6) is 5.75 Å². The van der Waals surface area contributed by atoms with E-state index in [0.29, 0.717) is 17.7 Å². The number of sulfonamides is 1. The Labute approximate surface area is 175 Å². The van der Waals surface area contributed by atoms with E-state index in [-0.39, 0.29) is 24.4 Å². The number of hydrogen-bond donors (Lipinski definition) is 0. The van der Waals surface area contributed by atoms with Crippen molar-refractivity contribution in [3.05, 3.63) is 71.1 Å². The highest BCUT2D eigenvalue weighted by atomic mass is 32.2. The van der Waals surface area contributed by atoms with Crippen LogP contribution in [-0.2, 0) is 16.2 Å². The van der Waals surface area contributed by atoms with Crippen LogP contribution in [0, 0.1) is 34.5 Å². The summed E-state index contributed by atoms with van der Waals surface area (Å²) in [6.07, 6.45) is -5.62. The van der Waals surface area contributed by atoms with Gasteiger partial charge in [0, 0.05) is 18.7 Å². The largest absolute Gasteiger partial charge is 0.484 e. The molecule has 0 aromatic heterocycles. The summed E-state index contributed by atoms with van der Waals surface area (Å²) in [6, 6.07) is 9.47. The first kappa shape index (κ1) is 22.3. The number of ether oxygens (including phenoxy) is 1. The van der Waals surface area contributed by atoms with Gasteiger partial charge in [0.2, 0.25) is 10.0 Å². The Kier molecular flexibility index (Phi) is 5.77. The van der Waals surface area contributed by atoms with Gasteiger partial charge in [-0.25, -0.2) is 12.8 Å². The molecule has 1 saturated heterocycles. The number of hydrogen-bond acceptors (Lipinski definition) is 5.